The molecule has 1 aromatic rings. The topological polar surface area (TPSA) is 23.8 Å². The van der Waals surface area contributed by atoms with E-state index in [2.05, 4.69) is 18.2 Å². The van der Waals surface area contributed by atoms with E-state index < -0.39 is 0 Å². The molecular weight excluding hydrogens is 333 g/mol. The van der Waals surface area contributed by atoms with Crippen LogP contribution in [0.15, 0.2) is 36.4 Å². The fraction of sp³-hybridized carbons (Fsp3) is 0.640. The summed E-state index contributed by atoms with van der Waals surface area (Å²) in [5, 5.41) is 8.94. The van der Waals surface area contributed by atoms with Gasteiger partial charge in [-0.15, -0.1) is 0 Å². The lowest BCUT2D eigenvalue weighted by atomic mass is 9.74. The molecule has 0 unspecified atom stereocenters. The van der Waals surface area contributed by atoms with Gasteiger partial charge in [0.2, 0.25) is 0 Å². The molecule has 0 atom stereocenters. The van der Waals surface area contributed by atoms with Gasteiger partial charge in [-0.1, -0.05) is 50.0 Å². The Bertz CT molecular complexity index is 611. The second-order valence-electron chi connectivity index (χ2n) is 8.78. The van der Waals surface area contributed by atoms with E-state index in [4.69, 9.17) is 5.26 Å². The van der Waals surface area contributed by atoms with E-state index in [1.807, 2.05) is 18.2 Å². The van der Waals surface area contributed by atoms with Crippen molar-refractivity contribution in [3.05, 3.63) is 47.5 Å². The quantitative estimate of drug-likeness (QED) is 0.463. The predicted octanol–water partition coefficient (Wildman–Crippen LogP) is 7.33. The van der Waals surface area contributed by atoms with Crippen LogP contribution in [0.4, 0.5) is 4.39 Å². The molecule has 1 aromatic carbocycles. The average molecular weight is 368 g/mol. The molecule has 2 fully saturated rings. The first-order chi connectivity index (χ1) is 13.3. The van der Waals surface area contributed by atoms with Crippen LogP contribution >= 0.6 is 0 Å². The Morgan fingerprint density at radius 1 is 0.815 bits per heavy atom. The molecule has 0 saturated heterocycles. The molecule has 0 N–H and O–H groups in total. The minimum Gasteiger partial charge on any atom is -0.247 e. The number of halogens is 1. The molecule has 0 aromatic heterocycles. The van der Waals surface area contributed by atoms with E-state index in [-0.39, 0.29) is 6.67 Å². The smallest absolute Gasteiger partial charge is 0.108 e. The number of allylic oxidation sites excluding steroid dienone is 2. The summed E-state index contributed by atoms with van der Waals surface area (Å²) in [5.41, 5.74) is 2.19. The van der Waals surface area contributed by atoms with Gasteiger partial charge < -0.3 is 0 Å². The number of benzene rings is 1. The van der Waals surface area contributed by atoms with Gasteiger partial charge in [-0.05, 0) is 86.3 Å². The highest BCUT2D eigenvalue weighted by Gasteiger charge is 2.25. The number of hydrogen-bond acceptors (Lipinski definition) is 1. The molecule has 27 heavy (non-hydrogen) atoms. The zero-order valence-corrected chi connectivity index (χ0v) is 16.6. The first-order valence-electron chi connectivity index (χ1n) is 11.0. The van der Waals surface area contributed by atoms with Gasteiger partial charge in [0, 0.05) is 0 Å². The second-order valence-corrected chi connectivity index (χ2v) is 8.78. The van der Waals surface area contributed by atoms with Gasteiger partial charge in [-0.25, -0.2) is 4.39 Å². The highest BCUT2D eigenvalue weighted by atomic mass is 19.1. The number of nitriles is 1. The molecule has 0 spiro atoms. The fourth-order valence-corrected chi connectivity index (χ4v) is 5.19. The zero-order chi connectivity index (χ0) is 18.9. The highest BCUT2D eigenvalue weighted by molar-refractivity contribution is 5.33. The van der Waals surface area contributed by atoms with Gasteiger partial charge in [0.25, 0.3) is 0 Å². The Hall–Kier alpha value is -1.62. The van der Waals surface area contributed by atoms with E-state index in [9.17, 15) is 4.39 Å². The van der Waals surface area contributed by atoms with Gasteiger partial charge in [-0.2, -0.15) is 5.26 Å². The predicted molar refractivity (Wildman–Crippen MR) is 110 cm³/mol. The summed E-state index contributed by atoms with van der Waals surface area (Å²) in [6.45, 7) is -0.317. The van der Waals surface area contributed by atoms with E-state index in [0.29, 0.717) is 5.92 Å². The highest BCUT2D eigenvalue weighted by Crippen LogP contribution is 2.40. The maximum Gasteiger partial charge on any atom is 0.108 e. The molecule has 0 bridgehead atoms. The lowest BCUT2D eigenvalue weighted by molar-refractivity contribution is 0.231. The third-order valence-electron chi connectivity index (χ3n) is 7.03. The standard InChI is InChI=1S/C25H34FN/c26-18-2-1-3-20-4-6-21(7-5-20)8-9-22-10-14-24(15-11-22)25-16-12-23(19-27)13-17-25/h1-2,12-13,16-17,20-22,24H,3-11,14-15,18H2/b2-1+. The van der Waals surface area contributed by atoms with Gasteiger partial charge in [0.05, 0.1) is 11.6 Å². The number of rotatable bonds is 7. The fourth-order valence-electron chi connectivity index (χ4n) is 5.19. The molecule has 0 heterocycles. The lowest BCUT2D eigenvalue weighted by Crippen LogP contribution is -2.17. The summed E-state index contributed by atoms with van der Waals surface area (Å²) >= 11 is 0. The maximum absolute atomic E-state index is 12.1. The van der Waals surface area contributed by atoms with Crippen LogP contribution in [-0.2, 0) is 0 Å². The zero-order valence-electron chi connectivity index (χ0n) is 16.6. The van der Waals surface area contributed by atoms with Crippen molar-refractivity contribution in [3.8, 4) is 6.07 Å². The van der Waals surface area contributed by atoms with Crippen molar-refractivity contribution in [2.45, 2.75) is 76.5 Å². The molecular formula is C25H34FN. The molecule has 0 amide bonds. The van der Waals surface area contributed by atoms with Crippen molar-refractivity contribution < 1.29 is 4.39 Å². The Kier molecular flexibility index (Phi) is 7.93. The van der Waals surface area contributed by atoms with E-state index in [1.165, 1.54) is 69.8 Å². The van der Waals surface area contributed by atoms with Crippen molar-refractivity contribution >= 4 is 0 Å². The summed E-state index contributed by atoms with van der Waals surface area (Å²) < 4.78 is 12.1. The Balaban J connectivity index is 1.33. The van der Waals surface area contributed by atoms with Crippen molar-refractivity contribution in [1.82, 2.24) is 0 Å². The van der Waals surface area contributed by atoms with Crippen molar-refractivity contribution in [3.63, 3.8) is 0 Å². The van der Waals surface area contributed by atoms with Crippen molar-refractivity contribution in [1.29, 1.82) is 5.26 Å². The van der Waals surface area contributed by atoms with Crippen LogP contribution in [0.5, 0.6) is 0 Å². The lowest BCUT2D eigenvalue weighted by Gasteiger charge is -2.32. The summed E-state index contributed by atoms with van der Waals surface area (Å²) in [7, 11) is 0. The molecule has 2 aliphatic rings. The number of alkyl halides is 1. The Labute approximate surface area is 164 Å². The van der Waals surface area contributed by atoms with E-state index in [0.717, 1.165) is 29.7 Å². The third-order valence-corrected chi connectivity index (χ3v) is 7.03. The largest absolute Gasteiger partial charge is 0.247 e. The van der Waals surface area contributed by atoms with Crippen LogP contribution in [0.25, 0.3) is 0 Å². The Morgan fingerprint density at radius 2 is 1.37 bits per heavy atom. The molecule has 3 rings (SSSR count). The van der Waals surface area contributed by atoms with Crippen LogP contribution in [0, 0.1) is 29.1 Å². The van der Waals surface area contributed by atoms with Crippen LogP contribution in [0.1, 0.15) is 87.7 Å². The van der Waals surface area contributed by atoms with Crippen molar-refractivity contribution in [2.24, 2.45) is 17.8 Å². The SMILES string of the molecule is N#Cc1ccc(C2CCC(CCC3CCC(C/C=C/CF)CC3)CC2)cc1. The van der Waals surface area contributed by atoms with E-state index in [1.54, 1.807) is 6.08 Å². The van der Waals surface area contributed by atoms with Crippen LogP contribution in [-0.4, -0.2) is 6.67 Å². The Morgan fingerprint density at radius 3 is 1.93 bits per heavy atom. The molecule has 0 radical (unpaired) electrons. The molecule has 146 valence electrons. The van der Waals surface area contributed by atoms with E-state index >= 15 is 0 Å². The number of hydrogen-bond donors (Lipinski definition) is 0. The normalized spacial score (nSPS) is 28.9. The summed E-state index contributed by atoms with van der Waals surface area (Å²) in [4.78, 5) is 0. The number of nitrogens with zero attached hydrogens (tertiary/aromatic N) is 1. The van der Waals surface area contributed by atoms with Crippen molar-refractivity contribution in [2.75, 3.05) is 6.67 Å². The van der Waals surface area contributed by atoms with Gasteiger partial charge in [0.15, 0.2) is 0 Å². The average Bonchev–Trinajstić information content (AvgIpc) is 2.74. The second kappa shape index (κ2) is 10.6. The minimum atomic E-state index is -0.317. The first kappa shape index (κ1) is 20.1. The van der Waals surface area contributed by atoms with Gasteiger partial charge >= 0.3 is 0 Å². The van der Waals surface area contributed by atoms with Crippen LogP contribution in [0.3, 0.4) is 0 Å². The third kappa shape index (κ3) is 6.20. The summed E-state index contributed by atoms with van der Waals surface area (Å²) in [5.74, 6) is 3.35. The van der Waals surface area contributed by atoms with Crippen LogP contribution < -0.4 is 0 Å². The summed E-state index contributed by atoms with van der Waals surface area (Å²) in [6, 6.07) is 10.5. The first-order valence-corrected chi connectivity index (χ1v) is 11.0. The van der Waals surface area contributed by atoms with Gasteiger partial charge in [0.1, 0.15) is 6.67 Å². The minimum absolute atomic E-state index is 0.317. The molecule has 0 aliphatic heterocycles. The molecule has 2 saturated carbocycles. The molecule has 1 nitrogen and oxygen atoms in total. The molecule has 2 heteroatoms. The maximum atomic E-state index is 12.1. The summed E-state index contributed by atoms with van der Waals surface area (Å²) in [6.07, 6.45) is 18.4. The van der Waals surface area contributed by atoms with Crippen LogP contribution in [0.2, 0.25) is 0 Å². The van der Waals surface area contributed by atoms with Gasteiger partial charge in [-0.3, -0.25) is 0 Å². The molecule has 2 aliphatic carbocycles. The monoisotopic (exact) mass is 367 g/mol.